The molecule has 4 nitrogen and oxygen atoms in total. The standard InChI is InChI=1S/C12H13N3OS/c1-8(16)10-11(13)15-12(17-10)14-7-9-5-3-2-4-6-9/h2-6H,7,13H2,1H3,(H,14,15). The lowest BCUT2D eigenvalue weighted by molar-refractivity contribution is 0.102. The molecule has 0 saturated carbocycles. The number of thiazole rings is 1. The molecule has 3 N–H and O–H groups in total. The van der Waals surface area contributed by atoms with Crippen LogP contribution in [0, 0.1) is 0 Å². The molecule has 2 rings (SSSR count). The van der Waals surface area contributed by atoms with Crippen LogP contribution in [0.3, 0.4) is 0 Å². The van der Waals surface area contributed by atoms with Gasteiger partial charge in [0.05, 0.1) is 0 Å². The van der Waals surface area contributed by atoms with Crippen LogP contribution in [0.5, 0.6) is 0 Å². The van der Waals surface area contributed by atoms with Gasteiger partial charge in [0.15, 0.2) is 10.9 Å². The van der Waals surface area contributed by atoms with Gasteiger partial charge in [-0.15, -0.1) is 0 Å². The van der Waals surface area contributed by atoms with Crippen molar-refractivity contribution in [1.82, 2.24) is 4.98 Å². The molecule has 17 heavy (non-hydrogen) atoms. The summed E-state index contributed by atoms with van der Waals surface area (Å²) in [5.41, 5.74) is 6.81. The molecule has 0 aliphatic rings. The molecule has 5 heteroatoms. The monoisotopic (exact) mass is 247 g/mol. The van der Waals surface area contributed by atoms with E-state index in [0.29, 0.717) is 22.4 Å². The number of rotatable bonds is 4. The zero-order chi connectivity index (χ0) is 12.3. The highest BCUT2D eigenvalue weighted by atomic mass is 32.1. The van der Waals surface area contributed by atoms with Crippen LogP contribution >= 0.6 is 11.3 Å². The number of Topliss-reactive ketones (excluding diaryl/α,β-unsaturated/α-hetero) is 1. The first-order chi connectivity index (χ1) is 8.16. The number of anilines is 2. The van der Waals surface area contributed by atoms with E-state index >= 15 is 0 Å². The van der Waals surface area contributed by atoms with Gasteiger partial charge in [-0.3, -0.25) is 4.79 Å². The van der Waals surface area contributed by atoms with E-state index in [1.807, 2.05) is 30.3 Å². The van der Waals surface area contributed by atoms with Crippen LogP contribution in [-0.2, 0) is 6.54 Å². The van der Waals surface area contributed by atoms with Crippen molar-refractivity contribution in [2.75, 3.05) is 11.1 Å². The van der Waals surface area contributed by atoms with Gasteiger partial charge in [-0.25, -0.2) is 4.98 Å². The number of carbonyl (C=O) groups excluding carboxylic acids is 1. The predicted octanol–water partition coefficient (Wildman–Crippen LogP) is 2.54. The van der Waals surface area contributed by atoms with E-state index in [4.69, 9.17) is 5.73 Å². The Morgan fingerprint density at radius 2 is 2.12 bits per heavy atom. The largest absolute Gasteiger partial charge is 0.382 e. The summed E-state index contributed by atoms with van der Waals surface area (Å²) in [4.78, 5) is 15.8. The van der Waals surface area contributed by atoms with Crippen molar-refractivity contribution < 1.29 is 4.79 Å². The molecular formula is C12H13N3OS. The highest BCUT2D eigenvalue weighted by molar-refractivity contribution is 7.18. The lowest BCUT2D eigenvalue weighted by Gasteiger charge is -2.01. The third-order valence-electron chi connectivity index (χ3n) is 2.26. The van der Waals surface area contributed by atoms with Crippen LogP contribution in [0.4, 0.5) is 10.9 Å². The Morgan fingerprint density at radius 3 is 2.71 bits per heavy atom. The van der Waals surface area contributed by atoms with Crippen LogP contribution in [0.15, 0.2) is 30.3 Å². The van der Waals surface area contributed by atoms with Crippen molar-refractivity contribution in [3.63, 3.8) is 0 Å². The minimum atomic E-state index is -0.0484. The number of carbonyl (C=O) groups is 1. The first-order valence-electron chi connectivity index (χ1n) is 5.22. The van der Waals surface area contributed by atoms with Crippen LogP contribution in [0.25, 0.3) is 0 Å². The van der Waals surface area contributed by atoms with E-state index in [-0.39, 0.29) is 5.78 Å². The van der Waals surface area contributed by atoms with Crippen LogP contribution in [0.1, 0.15) is 22.2 Å². The summed E-state index contributed by atoms with van der Waals surface area (Å²) < 4.78 is 0. The van der Waals surface area contributed by atoms with Gasteiger partial charge in [0.1, 0.15) is 10.7 Å². The molecule has 0 amide bonds. The number of nitrogen functional groups attached to an aromatic ring is 1. The Balaban J connectivity index is 2.05. The van der Waals surface area contributed by atoms with Gasteiger partial charge in [-0.05, 0) is 5.56 Å². The van der Waals surface area contributed by atoms with E-state index in [1.165, 1.54) is 18.3 Å². The maximum atomic E-state index is 11.2. The minimum Gasteiger partial charge on any atom is -0.382 e. The number of nitrogens with zero attached hydrogens (tertiary/aromatic N) is 1. The van der Waals surface area contributed by atoms with Gasteiger partial charge in [0.25, 0.3) is 0 Å². The molecular weight excluding hydrogens is 234 g/mol. The highest BCUT2D eigenvalue weighted by Crippen LogP contribution is 2.25. The average molecular weight is 247 g/mol. The molecule has 0 atom stereocenters. The maximum absolute atomic E-state index is 11.2. The lowest BCUT2D eigenvalue weighted by Crippen LogP contribution is -1.98. The Labute approximate surface area is 103 Å². The fourth-order valence-electron chi connectivity index (χ4n) is 1.43. The van der Waals surface area contributed by atoms with Gasteiger partial charge in [0.2, 0.25) is 0 Å². The quantitative estimate of drug-likeness (QED) is 0.815. The SMILES string of the molecule is CC(=O)c1sc(NCc2ccccc2)nc1N. The zero-order valence-corrected chi connectivity index (χ0v) is 10.3. The van der Waals surface area contributed by atoms with Gasteiger partial charge < -0.3 is 11.1 Å². The average Bonchev–Trinajstić information content (AvgIpc) is 2.69. The van der Waals surface area contributed by atoms with Crippen molar-refractivity contribution in [2.45, 2.75) is 13.5 Å². The summed E-state index contributed by atoms with van der Waals surface area (Å²) in [5.74, 6) is 0.255. The molecule has 0 spiro atoms. The topological polar surface area (TPSA) is 68.0 Å². The first kappa shape index (κ1) is 11.6. The van der Waals surface area contributed by atoms with Crippen LogP contribution < -0.4 is 11.1 Å². The Hall–Kier alpha value is -1.88. The number of hydrogen-bond acceptors (Lipinski definition) is 5. The van der Waals surface area contributed by atoms with Crippen molar-refractivity contribution in [2.24, 2.45) is 0 Å². The Bertz CT molecular complexity index is 522. The molecule has 0 fully saturated rings. The summed E-state index contributed by atoms with van der Waals surface area (Å²) in [5, 5.41) is 3.83. The smallest absolute Gasteiger partial charge is 0.185 e. The fourth-order valence-corrected chi connectivity index (χ4v) is 2.21. The number of aromatic nitrogens is 1. The molecule has 1 heterocycles. The molecule has 0 unspecified atom stereocenters. The summed E-state index contributed by atoms with van der Waals surface area (Å²) in [6.45, 7) is 2.16. The number of nitrogens with two attached hydrogens (primary N) is 1. The number of hydrogen-bond donors (Lipinski definition) is 2. The molecule has 2 aromatic rings. The van der Waals surface area contributed by atoms with E-state index in [1.54, 1.807) is 0 Å². The Kier molecular flexibility index (Phi) is 3.39. The third kappa shape index (κ3) is 2.82. The summed E-state index contributed by atoms with van der Waals surface area (Å²) in [6, 6.07) is 9.98. The molecule has 0 aliphatic carbocycles. The predicted molar refractivity (Wildman–Crippen MR) is 70.3 cm³/mol. The van der Waals surface area contributed by atoms with E-state index in [9.17, 15) is 4.79 Å². The van der Waals surface area contributed by atoms with Crippen molar-refractivity contribution >= 4 is 28.1 Å². The second-order valence-corrected chi connectivity index (χ2v) is 4.63. The van der Waals surface area contributed by atoms with Crippen LogP contribution in [0.2, 0.25) is 0 Å². The van der Waals surface area contributed by atoms with Crippen molar-refractivity contribution in [3.8, 4) is 0 Å². The normalized spacial score (nSPS) is 10.2. The highest BCUT2D eigenvalue weighted by Gasteiger charge is 2.11. The van der Waals surface area contributed by atoms with Crippen molar-refractivity contribution in [1.29, 1.82) is 0 Å². The molecule has 1 aromatic carbocycles. The molecule has 88 valence electrons. The molecule has 0 saturated heterocycles. The summed E-state index contributed by atoms with van der Waals surface area (Å²) >= 11 is 1.29. The van der Waals surface area contributed by atoms with E-state index < -0.39 is 0 Å². The number of benzene rings is 1. The van der Waals surface area contributed by atoms with Crippen LogP contribution in [-0.4, -0.2) is 10.8 Å². The second-order valence-electron chi connectivity index (χ2n) is 3.63. The molecule has 1 aromatic heterocycles. The second kappa shape index (κ2) is 4.97. The third-order valence-corrected chi connectivity index (χ3v) is 3.39. The van der Waals surface area contributed by atoms with Gasteiger partial charge >= 0.3 is 0 Å². The van der Waals surface area contributed by atoms with E-state index in [2.05, 4.69) is 10.3 Å². The number of nitrogens with one attached hydrogen (secondary N) is 1. The molecule has 0 bridgehead atoms. The summed E-state index contributed by atoms with van der Waals surface area (Å²) in [6.07, 6.45) is 0. The summed E-state index contributed by atoms with van der Waals surface area (Å²) in [7, 11) is 0. The maximum Gasteiger partial charge on any atom is 0.185 e. The van der Waals surface area contributed by atoms with E-state index in [0.717, 1.165) is 5.56 Å². The van der Waals surface area contributed by atoms with Gasteiger partial charge in [-0.1, -0.05) is 41.7 Å². The number of ketones is 1. The zero-order valence-electron chi connectivity index (χ0n) is 9.43. The minimum absolute atomic E-state index is 0.0484. The van der Waals surface area contributed by atoms with Crippen molar-refractivity contribution in [3.05, 3.63) is 40.8 Å². The molecule has 0 radical (unpaired) electrons. The van der Waals surface area contributed by atoms with Gasteiger partial charge in [-0.2, -0.15) is 0 Å². The lowest BCUT2D eigenvalue weighted by atomic mass is 10.2. The molecule has 0 aliphatic heterocycles. The first-order valence-corrected chi connectivity index (χ1v) is 6.03. The van der Waals surface area contributed by atoms with Gasteiger partial charge in [0, 0.05) is 13.5 Å². The Morgan fingerprint density at radius 1 is 1.41 bits per heavy atom. The fraction of sp³-hybridized carbons (Fsp3) is 0.167.